The summed E-state index contributed by atoms with van der Waals surface area (Å²) in [4.78, 5) is 23.9. The normalized spacial score (nSPS) is 21.6. The molecule has 1 aliphatic carbocycles. The molecule has 0 aliphatic heterocycles. The van der Waals surface area contributed by atoms with Gasteiger partial charge in [0.2, 0.25) is 5.91 Å². The van der Waals surface area contributed by atoms with E-state index in [1.54, 1.807) is 7.11 Å². The number of methoxy groups -OCH3 is 1. The summed E-state index contributed by atoms with van der Waals surface area (Å²) < 4.78 is 5.41. The molecule has 5 heteroatoms. The Kier molecular flexibility index (Phi) is 6.85. The Morgan fingerprint density at radius 2 is 1.92 bits per heavy atom. The minimum absolute atomic E-state index is 0.00555. The molecule has 2 rings (SSSR count). The first-order chi connectivity index (χ1) is 11.9. The van der Waals surface area contributed by atoms with Crippen molar-refractivity contribution in [3.8, 4) is 5.75 Å². The van der Waals surface area contributed by atoms with Gasteiger partial charge in [-0.25, -0.2) is 0 Å². The number of carbonyl (C=O) groups is 2. The highest BCUT2D eigenvalue weighted by atomic mass is 16.5. The molecule has 1 aliphatic rings. The van der Waals surface area contributed by atoms with Gasteiger partial charge in [-0.3, -0.25) is 9.59 Å². The molecule has 1 saturated carbocycles. The molecule has 25 heavy (non-hydrogen) atoms. The second kappa shape index (κ2) is 8.88. The van der Waals surface area contributed by atoms with Crippen LogP contribution in [0.3, 0.4) is 0 Å². The predicted molar refractivity (Wildman–Crippen MR) is 96.6 cm³/mol. The van der Waals surface area contributed by atoms with E-state index in [2.05, 4.69) is 19.2 Å². The first kappa shape index (κ1) is 19.3. The molecular weight excluding hydrogens is 318 g/mol. The summed E-state index contributed by atoms with van der Waals surface area (Å²) in [5.41, 5.74) is 1.07. The highest BCUT2D eigenvalue weighted by molar-refractivity contribution is 5.80. The van der Waals surface area contributed by atoms with E-state index in [1.807, 2.05) is 24.3 Å². The number of ether oxygens (including phenoxy) is 1. The van der Waals surface area contributed by atoms with Gasteiger partial charge < -0.3 is 15.2 Å². The maximum absolute atomic E-state index is 12.7. The Labute approximate surface area is 149 Å². The average Bonchev–Trinajstić information content (AvgIpc) is 2.61. The van der Waals surface area contributed by atoms with E-state index in [9.17, 15) is 14.7 Å². The zero-order chi connectivity index (χ0) is 18.4. The van der Waals surface area contributed by atoms with Gasteiger partial charge in [0.25, 0.3) is 0 Å². The van der Waals surface area contributed by atoms with Crippen LogP contribution in [0.2, 0.25) is 0 Å². The number of carbonyl (C=O) groups excluding carboxylic acids is 1. The number of carboxylic acid groups (broad SMARTS) is 1. The number of hydrogen-bond acceptors (Lipinski definition) is 3. The van der Waals surface area contributed by atoms with Crippen molar-refractivity contribution >= 4 is 11.9 Å². The maximum atomic E-state index is 12.7. The van der Waals surface area contributed by atoms with Crippen LogP contribution in [0.5, 0.6) is 5.75 Å². The Balaban J connectivity index is 2.03. The van der Waals surface area contributed by atoms with E-state index in [-0.39, 0.29) is 23.8 Å². The molecule has 3 unspecified atom stereocenters. The molecule has 1 fully saturated rings. The molecule has 5 nitrogen and oxygen atoms in total. The average molecular weight is 347 g/mol. The van der Waals surface area contributed by atoms with E-state index in [0.29, 0.717) is 19.3 Å². The fraction of sp³-hybridized carbons (Fsp3) is 0.600. The third kappa shape index (κ3) is 5.21. The number of aliphatic carboxylic acids is 1. The lowest BCUT2D eigenvalue weighted by Gasteiger charge is -2.29. The molecule has 138 valence electrons. The molecule has 3 atom stereocenters. The Hall–Kier alpha value is -2.04. The van der Waals surface area contributed by atoms with Crippen LogP contribution in [0.4, 0.5) is 0 Å². The van der Waals surface area contributed by atoms with E-state index >= 15 is 0 Å². The van der Waals surface area contributed by atoms with Gasteiger partial charge in [-0.15, -0.1) is 0 Å². The molecule has 0 radical (unpaired) electrons. The lowest BCUT2D eigenvalue weighted by Crippen LogP contribution is -2.44. The molecule has 0 aromatic heterocycles. The van der Waals surface area contributed by atoms with Gasteiger partial charge in [-0.05, 0) is 43.2 Å². The van der Waals surface area contributed by atoms with Gasteiger partial charge in [0.15, 0.2) is 0 Å². The van der Waals surface area contributed by atoms with Crippen molar-refractivity contribution in [2.45, 2.75) is 52.0 Å². The fourth-order valence-corrected chi connectivity index (χ4v) is 3.51. The van der Waals surface area contributed by atoms with Gasteiger partial charge in [-0.2, -0.15) is 0 Å². The summed E-state index contributed by atoms with van der Waals surface area (Å²) in [6.45, 7) is 4.17. The number of benzene rings is 1. The van der Waals surface area contributed by atoms with Crippen LogP contribution in [0.1, 0.15) is 45.1 Å². The molecular formula is C20H29NO4. The van der Waals surface area contributed by atoms with Crippen molar-refractivity contribution in [3.63, 3.8) is 0 Å². The number of para-hydroxylation sites is 1. The topological polar surface area (TPSA) is 75.6 Å². The Morgan fingerprint density at radius 3 is 2.56 bits per heavy atom. The van der Waals surface area contributed by atoms with Crippen molar-refractivity contribution in [1.82, 2.24) is 5.32 Å². The van der Waals surface area contributed by atoms with Crippen molar-refractivity contribution in [3.05, 3.63) is 29.8 Å². The van der Waals surface area contributed by atoms with E-state index in [0.717, 1.165) is 24.2 Å². The number of nitrogens with one attached hydrogen (secondary N) is 1. The highest BCUT2D eigenvalue weighted by Gasteiger charge is 2.32. The van der Waals surface area contributed by atoms with Crippen LogP contribution in [0, 0.1) is 17.8 Å². The van der Waals surface area contributed by atoms with Gasteiger partial charge >= 0.3 is 5.97 Å². The summed E-state index contributed by atoms with van der Waals surface area (Å²) in [7, 11) is 1.65. The van der Waals surface area contributed by atoms with Gasteiger partial charge in [0, 0.05) is 12.0 Å². The van der Waals surface area contributed by atoms with Crippen LogP contribution >= 0.6 is 0 Å². The van der Waals surface area contributed by atoms with Crippen LogP contribution in [-0.4, -0.2) is 30.1 Å². The molecule has 0 heterocycles. The van der Waals surface area contributed by atoms with Crippen LogP contribution in [0.25, 0.3) is 0 Å². The monoisotopic (exact) mass is 347 g/mol. The second-order valence-electron chi connectivity index (χ2n) is 7.27. The minimum Gasteiger partial charge on any atom is -0.496 e. The molecule has 1 amide bonds. The standard InChI is InChI=1S/C20H29NO4/c1-13(2)17(12-14-7-4-5-10-18(14)25-3)21-19(22)15-8-6-9-16(11-15)20(23)24/h4-5,7,10,13,15-17H,6,8-9,11-12H2,1-3H3,(H,21,22)(H,23,24). The fourth-order valence-electron chi connectivity index (χ4n) is 3.51. The first-order valence-electron chi connectivity index (χ1n) is 9.07. The van der Waals surface area contributed by atoms with Gasteiger partial charge in [0.1, 0.15) is 5.75 Å². The first-order valence-corrected chi connectivity index (χ1v) is 9.07. The van der Waals surface area contributed by atoms with Crippen molar-refractivity contribution < 1.29 is 19.4 Å². The zero-order valence-corrected chi connectivity index (χ0v) is 15.3. The third-order valence-corrected chi connectivity index (χ3v) is 5.16. The summed E-state index contributed by atoms with van der Waals surface area (Å²) in [6, 6.07) is 7.83. The zero-order valence-electron chi connectivity index (χ0n) is 15.3. The van der Waals surface area contributed by atoms with E-state index in [1.165, 1.54) is 0 Å². The lowest BCUT2D eigenvalue weighted by atomic mass is 9.80. The summed E-state index contributed by atoms with van der Waals surface area (Å²) >= 11 is 0. The summed E-state index contributed by atoms with van der Waals surface area (Å²) in [5, 5.41) is 12.4. The third-order valence-electron chi connectivity index (χ3n) is 5.16. The number of hydrogen-bond donors (Lipinski definition) is 2. The smallest absolute Gasteiger partial charge is 0.306 e. The van der Waals surface area contributed by atoms with Crippen molar-refractivity contribution in [2.24, 2.45) is 17.8 Å². The second-order valence-corrected chi connectivity index (χ2v) is 7.27. The predicted octanol–water partition coefficient (Wildman–Crippen LogP) is 3.27. The van der Waals surface area contributed by atoms with E-state index in [4.69, 9.17) is 4.74 Å². The Bertz CT molecular complexity index is 599. The number of rotatable bonds is 7. The highest BCUT2D eigenvalue weighted by Crippen LogP contribution is 2.30. The number of carboxylic acids is 1. The molecule has 0 bridgehead atoms. The molecule has 1 aromatic rings. The molecule has 0 spiro atoms. The van der Waals surface area contributed by atoms with Gasteiger partial charge in [0.05, 0.1) is 13.0 Å². The SMILES string of the molecule is COc1ccccc1CC(NC(=O)C1CCCC(C(=O)O)C1)C(C)C. The number of amides is 1. The van der Waals surface area contributed by atoms with Crippen molar-refractivity contribution in [1.29, 1.82) is 0 Å². The largest absolute Gasteiger partial charge is 0.496 e. The summed E-state index contributed by atoms with van der Waals surface area (Å²) in [6.07, 6.45) is 3.39. The van der Waals surface area contributed by atoms with Gasteiger partial charge in [-0.1, -0.05) is 38.5 Å². The van der Waals surface area contributed by atoms with Crippen LogP contribution < -0.4 is 10.1 Å². The lowest BCUT2D eigenvalue weighted by molar-refractivity contribution is -0.144. The van der Waals surface area contributed by atoms with Crippen LogP contribution in [-0.2, 0) is 16.0 Å². The van der Waals surface area contributed by atoms with E-state index < -0.39 is 11.9 Å². The molecule has 2 N–H and O–H groups in total. The van der Waals surface area contributed by atoms with Crippen molar-refractivity contribution in [2.75, 3.05) is 7.11 Å². The summed E-state index contributed by atoms with van der Waals surface area (Å²) in [5.74, 6) is -0.296. The minimum atomic E-state index is -0.785. The Morgan fingerprint density at radius 1 is 1.24 bits per heavy atom. The molecule has 0 saturated heterocycles. The quantitative estimate of drug-likeness (QED) is 0.794. The maximum Gasteiger partial charge on any atom is 0.306 e. The molecule has 1 aromatic carbocycles. The van der Waals surface area contributed by atoms with Crippen LogP contribution in [0.15, 0.2) is 24.3 Å².